The Morgan fingerprint density at radius 1 is 0.875 bits per heavy atom. The molecule has 0 bridgehead atoms. The Morgan fingerprint density at radius 2 is 1.62 bits per heavy atom. The summed E-state index contributed by atoms with van der Waals surface area (Å²) in [6, 6.07) is 20.1. The molecule has 0 aliphatic rings. The third kappa shape index (κ3) is 2.69. The van der Waals surface area contributed by atoms with Crippen molar-refractivity contribution in [3.8, 4) is 0 Å². The number of pyridine rings is 2. The van der Waals surface area contributed by atoms with Crippen LogP contribution in [0.4, 0.5) is 5.69 Å². The zero-order valence-electron chi connectivity index (χ0n) is 13.1. The third-order valence-corrected chi connectivity index (χ3v) is 4.61. The molecule has 2 aromatic heterocycles. The van der Waals surface area contributed by atoms with Crippen molar-refractivity contribution >= 4 is 49.1 Å². The number of aromatic nitrogens is 2. The number of fused-ring (bicyclic) bond motifs is 3. The molecular weight excluding hydrogens is 362 g/mol. The van der Waals surface area contributed by atoms with Gasteiger partial charge in [0.05, 0.1) is 28.1 Å². The highest BCUT2D eigenvalue weighted by Crippen LogP contribution is 2.26. The second-order valence-electron chi connectivity index (χ2n) is 5.56. The van der Waals surface area contributed by atoms with Crippen molar-refractivity contribution in [3.05, 3.63) is 77.0 Å². The van der Waals surface area contributed by atoms with Crippen LogP contribution in [0.15, 0.2) is 76.3 Å². The van der Waals surface area contributed by atoms with Crippen LogP contribution in [0.3, 0.4) is 0 Å². The maximum absolute atomic E-state index is 4.82. The molecule has 0 radical (unpaired) electrons. The van der Waals surface area contributed by atoms with Gasteiger partial charge in [-0.15, -0.1) is 0 Å². The number of rotatable bonds is 2. The van der Waals surface area contributed by atoms with Crippen molar-refractivity contribution in [2.75, 3.05) is 0 Å². The molecule has 24 heavy (non-hydrogen) atoms. The fourth-order valence-corrected chi connectivity index (χ4v) is 3.08. The minimum atomic E-state index is 0.858. The normalized spacial score (nSPS) is 12.0. The summed E-state index contributed by atoms with van der Waals surface area (Å²) in [5, 5.41) is 2.17. The van der Waals surface area contributed by atoms with E-state index in [1.54, 1.807) is 6.20 Å². The molecule has 0 amide bonds. The highest BCUT2D eigenvalue weighted by molar-refractivity contribution is 9.10. The second kappa shape index (κ2) is 6.13. The molecule has 0 atom stereocenters. The molecule has 0 aliphatic carbocycles. The van der Waals surface area contributed by atoms with Crippen LogP contribution in [0.1, 0.15) is 12.6 Å². The number of hydrogen-bond acceptors (Lipinski definition) is 3. The van der Waals surface area contributed by atoms with E-state index in [1.165, 1.54) is 0 Å². The second-order valence-corrected chi connectivity index (χ2v) is 6.41. The van der Waals surface area contributed by atoms with Crippen molar-refractivity contribution in [1.29, 1.82) is 0 Å². The van der Waals surface area contributed by atoms with Gasteiger partial charge in [-0.05, 0) is 47.1 Å². The number of aliphatic imine (C=N–C) groups is 1. The standard InChI is InChI=1S/C20H14BrN3/c1-13(23-18-7-3-2-6-16(18)21)17-11-10-15-9-8-14-5-4-12-22-19(14)20(15)24-17/h2-12H,1H3. The van der Waals surface area contributed by atoms with Gasteiger partial charge in [-0.1, -0.05) is 36.4 Å². The maximum atomic E-state index is 4.82. The van der Waals surface area contributed by atoms with Gasteiger partial charge < -0.3 is 0 Å². The monoisotopic (exact) mass is 375 g/mol. The van der Waals surface area contributed by atoms with Gasteiger partial charge in [0.2, 0.25) is 0 Å². The Balaban J connectivity index is 1.88. The van der Waals surface area contributed by atoms with Gasteiger partial charge in [-0.25, -0.2) is 4.98 Å². The summed E-state index contributed by atoms with van der Waals surface area (Å²) in [4.78, 5) is 14.0. The van der Waals surface area contributed by atoms with Crippen LogP contribution in [0.25, 0.3) is 21.8 Å². The first-order chi connectivity index (χ1) is 11.7. The van der Waals surface area contributed by atoms with Crippen LogP contribution in [0.2, 0.25) is 0 Å². The number of nitrogens with zero attached hydrogens (tertiary/aromatic N) is 3. The van der Waals surface area contributed by atoms with Gasteiger partial charge in [0.1, 0.15) is 0 Å². The maximum Gasteiger partial charge on any atom is 0.0972 e. The lowest BCUT2D eigenvalue weighted by molar-refractivity contribution is 1.33. The summed E-state index contributed by atoms with van der Waals surface area (Å²) < 4.78 is 0.970. The number of para-hydroxylation sites is 1. The van der Waals surface area contributed by atoms with Gasteiger partial charge in [-0.2, -0.15) is 0 Å². The van der Waals surface area contributed by atoms with Crippen molar-refractivity contribution in [2.24, 2.45) is 4.99 Å². The first kappa shape index (κ1) is 15.0. The highest BCUT2D eigenvalue weighted by atomic mass is 79.9. The summed E-state index contributed by atoms with van der Waals surface area (Å²) in [7, 11) is 0. The van der Waals surface area contributed by atoms with Crippen LogP contribution in [-0.4, -0.2) is 15.7 Å². The highest BCUT2D eigenvalue weighted by Gasteiger charge is 2.07. The Labute approximate surface area is 148 Å². The van der Waals surface area contributed by atoms with E-state index in [2.05, 4.69) is 45.2 Å². The molecule has 0 fully saturated rings. The summed E-state index contributed by atoms with van der Waals surface area (Å²) in [6.45, 7) is 1.98. The topological polar surface area (TPSA) is 38.1 Å². The first-order valence-corrected chi connectivity index (χ1v) is 8.46. The van der Waals surface area contributed by atoms with Crippen molar-refractivity contribution < 1.29 is 0 Å². The summed E-state index contributed by atoms with van der Waals surface area (Å²) in [5.41, 5.74) is 4.46. The van der Waals surface area contributed by atoms with Gasteiger partial charge in [0, 0.05) is 21.4 Å². The summed E-state index contributed by atoms with van der Waals surface area (Å²) >= 11 is 3.53. The molecule has 3 nitrogen and oxygen atoms in total. The minimum absolute atomic E-state index is 0.858. The Kier molecular flexibility index (Phi) is 3.82. The molecule has 2 heterocycles. The van der Waals surface area contributed by atoms with Gasteiger partial charge in [-0.3, -0.25) is 9.98 Å². The summed E-state index contributed by atoms with van der Waals surface area (Å²) in [5.74, 6) is 0. The fraction of sp³-hybridized carbons (Fsp3) is 0.0500. The molecule has 0 saturated carbocycles. The largest absolute Gasteiger partial charge is 0.254 e. The van der Waals surface area contributed by atoms with Crippen LogP contribution in [0, 0.1) is 0 Å². The van der Waals surface area contributed by atoms with E-state index < -0.39 is 0 Å². The van der Waals surface area contributed by atoms with Crippen LogP contribution in [-0.2, 0) is 0 Å². The first-order valence-electron chi connectivity index (χ1n) is 7.67. The van der Waals surface area contributed by atoms with Crippen molar-refractivity contribution in [1.82, 2.24) is 9.97 Å². The van der Waals surface area contributed by atoms with E-state index >= 15 is 0 Å². The molecule has 4 heteroatoms. The minimum Gasteiger partial charge on any atom is -0.254 e. The van der Waals surface area contributed by atoms with Gasteiger partial charge in [0.25, 0.3) is 0 Å². The van der Waals surface area contributed by atoms with Crippen molar-refractivity contribution in [2.45, 2.75) is 6.92 Å². The molecule has 0 spiro atoms. The van der Waals surface area contributed by atoms with E-state index in [0.717, 1.165) is 43.4 Å². The Bertz CT molecular complexity index is 1090. The van der Waals surface area contributed by atoms with Crippen LogP contribution < -0.4 is 0 Å². The fourth-order valence-electron chi connectivity index (χ4n) is 2.71. The predicted octanol–water partition coefficient (Wildman–Crippen LogP) is 5.69. The molecule has 4 rings (SSSR count). The molecule has 0 aliphatic heterocycles. The Morgan fingerprint density at radius 3 is 2.46 bits per heavy atom. The lowest BCUT2D eigenvalue weighted by Gasteiger charge is -2.06. The molecule has 0 saturated heterocycles. The number of halogens is 1. The quantitative estimate of drug-likeness (QED) is 0.333. The lowest BCUT2D eigenvalue weighted by atomic mass is 10.1. The lowest BCUT2D eigenvalue weighted by Crippen LogP contribution is -1.99. The smallest absolute Gasteiger partial charge is 0.0972 e. The van der Waals surface area contributed by atoms with Gasteiger partial charge >= 0.3 is 0 Å². The van der Waals surface area contributed by atoms with Crippen LogP contribution in [0.5, 0.6) is 0 Å². The molecule has 0 N–H and O–H groups in total. The zero-order chi connectivity index (χ0) is 16.5. The molecular formula is C20H14BrN3. The average molecular weight is 376 g/mol. The third-order valence-electron chi connectivity index (χ3n) is 3.94. The number of benzene rings is 2. The average Bonchev–Trinajstić information content (AvgIpc) is 2.63. The number of hydrogen-bond donors (Lipinski definition) is 0. The van der Waals surface area contributed by atoms with Gasteiger partial charge in [0.15, 0.2) is 0 Å². The molecule has 116 valence electrons. The molecule has 4 aromatic rings. The molecule has 2 aromatic carbocycles. The van der Waals surface area contributed by atoms with E-state index in [1.807, 2.05) is 43.3 Å². The van der Waals surface area contributed by atoms with E-state index in [-0.39, 0.29) is 0 Å². The molecule has 0 unspecified atom stereocenters. The van der Waals surface area contributed by atoms with E-state index in [0.29, 0.717) is 0 Å². The predicted molar refractivity (Wildman–Crippen MR) is 103 cm³/mol. The Hall–Kier alpha value is -2.59. The van der Waals surface area contributed by atoms with Crippen LogP contribution >= 0.6 is 15.9 Å². The SMILES string of the molecule is CC(=Nc1ccccc1Br)c1ccc2ccc3cccnc3c2n1. The van der Waals surface area contributed by atoms with Crippen molar-refractivity contribution in [3.63, 3.8) is 0 Å². The van der Waals surface area contributed by atoms with E-state index in [9.17, 15) is 0 Å². The summed E-state index contributed by atoms with van der Waals surface area (Å²) in [6.07, 6.45) is 1.80. The zero-order valence-corrected chi connectivity index (χ0v) is 14.7. The van der Waals surface area contributed by atoms with E-state index in [4.69, 9.17) is 9.98 Å².